The monoisotopic (exact) mass is 294 g/mol. The molecule has 4 saturated carbocycles. The Hall–Kier alpha value is -1.16. The van der Waals surface area contributed by atoms with Crippen molar-refractivity contribution in [3.8, 4) is 5.75 Å². The van der Waals surface area contributed by atoms with Crippen molar-refractivity contribution in [3.63, 3.8) is 0 Å². The van der Waals surface area contributed by atoms with Crippen molar-refractivity contribution in [2.75, 3.05) is 7.11 Å². The zero-order valence-corrected chi connectivity index (χ0v) is 12.1. The normalized spacial score (nSPS) is 40.6. The Morgan fingerprint density at radius 1 is 1.00 bits per heavy atom. The maximum absolute atomic E-state index is 14.5. The van der Waals surface area contributed by atoms with Crippen molar-refractivity contribution in [1.29, 1.82) is 0 Å². The number of rotatable bonds is 2. The van der Waals surface area contributed by atoms with Gasteiger partial charge in [0.15, 0.2) is 0 Å². The summed E-state index contributed by atoms with van der Waals surface area (Å²) in [6, 6.07) is 2.36. The molecule has 4 fully saturated rings. The van der Waals surface area contributed by atoms with Crippen LogP contribution in [-0.4, -0.2) is 12.2 Å². The van der Waals surface area contributed by atoms with Crippen LogP contribution in [0.1, 0.15) is 37.7 Å². The molecule has 4 aliphatic carbocycles. The molecule has 0 spiro atoms. The van der Waals surface area contributed by atoms with Crippen LogP contribution in [0, 0.1) is 35.3 Å². The Labute approximate surface area is 123 Å². The second-order valence-corrected chi connectivity index (χ2v) is 7.10. The predicted molar refractivity (Wildman–Crippen MR) is 73.9 cm³/mol. The van der Waals surface area contributed by atoms with E-state index >= 15 is 0 Å². The summed E-state index contributed by atoms with van der Waals surface area (Å²) in [5.74, 6) is 0.0522. The third kappa shape index (κ3) is 1.78. The summed E-state index contributed by atoms with van der Waals surface area (Å²) in [4.78, 5) is 0. The van der Waals surface area contributed by atoms with Gasteiger partial charge in [0.2, 0.25) is 0 Å². The summed E-state index contributed by atoms with van der Waals surface area (Å²) < 4.78 is 33.8. The number of aliphatic hydroxyl groups is 1. The van der Waals surface area contributed by atoms with Gasteiger partial charge >= 0.3 is 0 Å². The first-order chi connectivity index (χ1) is 10.0. The molecule has 0 aromatic heterocycles. The predicted octanol–water partition coefficient (Wildman–Crippen LogP) is 3.62. The minimum Gasteiger partial charge on any atom is -0.497 e. The zero-order chi connectivity index (χ0) is 14.8. The molecule has 0 saturated heterocycles. The number of methoxy groups -OCH3 is 1. The van der Waals surface area contributed by atoms with E-state index in [1.54, 1.807) is 0 Å². The molecule has 0 amide bonds. The minimum atomic E-state index is -1.34. The average molecular weight is 294 g/mol. The van der Waals surface area contributed by atoms with Gasteiger partial charge in [0, 0.05) is 12.1 Å². The molecule has 4 heteroatoms. The highest BCUT2D eigenvalue weighted by molar-refractivity contribution is 5.36. The van der Waals surface area contributed by atoms with E-state index in [1.807, 2.05) is 0 Å². The third-order valence-electron chi connectivity index (χ3n) is 6.03. The van der Waals surface area contributed by atoms with Gasteiger partial charge in [0.1, 0.15) is 23.0 Å². The summed E-state index contributed by atoms with van der Waals surface area (Å²) in [6.45, 7) is 0. The summed E-state index contributed by atoms with van der Waals surface area (Å²) in [5.41, 5.74) is -1.47. The molecule has 1 aromatic rings. The number of hydrogen-bond donors (Lipinski definition) is 1. The lowest BCUT2D eigenvalue weighted by Crippen LogP contribution is -2.56. The van der Waals surface area contributed by atoms with E-state index in [9.17, 15) is 13.9 Å². The summed E-state index contributed by atoms with van der Waals surface area (Å²) >= 11 is 0. The molecule has 4 bridgehead atoms. The molecule has 114 valence electrons. The Kier molecular flexibility index (Phi) is 2.84. The van der Waals surface area contributed by atoms with Crippen LogP contribution in [0.4, 0.5) is 8.78 Å². The Balaban J connectivity index is 1.82. The second-order valence-electron chi connectivity index (χ2n) is 7.10. The van der Waals surface area contributed by atoms with Crippen LogP contribution < -0.4 is 4.74 Å². The first kappa shape index (κ1) is 13.5. The molecule has 0 heterocycles. The van der Waals surface area contributed by atoms with Crippen LogP contribution in [0.5, 0.6) is 5.75 Å². The van der Waals surface area contributed by atoms with Crippen LogP contribution in [0.2, 0.25) is 0 Å². The molecule has 0 atom stereocenters. The Bertz CT molecular complexity index is 533. The fraction of sp³-hybridized carbons (Fsp3) is 0.647. The minimum absolute atomic E-state index is 0.00820. The van der Waals surface area contributed by atoms with Crippen molar-refractivity contribution in [3.05, 3.63) is 29.3 Å². The highest BCUT2D eigenvalue weighted by atomic mass is 19.1. The van der Waals surface area contributed by atoms with E-state index in [2.05, 4.69) is 0 Å². The van der Waals surface area contributed by atoms with Crippen LogP contribution in [0.15, 0.2) is 12.1 Å². The molecule has 0 radical (unpaired) electrons. The number of halogens is 2. The van der Waals surface area contributed by atoms with E-state index in [1.165, 1.54) is 25.7 Å². The van der Waals surface area contributed by atoms with E-state index in [-0.39, 0.29) is 23.1 Å². The fourth-order valence-electron chi connectivity index (χ4n) is 5.36. The number of hydrogen-bond acceptors (Lipinski definition) is 2. The molecular formula is C17H20F2O2. The van der Waals surface area contributed by atoms with Gasteiger partial charge in [0.05, 0.1) is 12.7 Å². The van der Waals surface area contributed by atoms with Gasteiger partial charge in [-0.1, -0.05) is 0 Å². The van der Waals surface area contributed by atoms with Gasteiger partial charge in [-0.15, -0.1) is 0 Å². The van der Waals surface area contributed by atoms with Gasteiger partial charge in [-0.2, -0.15) is 0 Å². The lowest BCUT2D eigenvalue weighted by atomic mass is 9.48. The van der Waals surface area contributed by atoms with Crippen molar-refractivity contribution in [2.24, 2.45) is 23.7 Å². The zero-order valence-electron chi connectivity index (χ0n) is 12.1. The molecule has 0 unspecified atom stereocenters. The highest BCUT2D eigenvalue weighted by Gasteiger charge is 2.58. The van der Waals surface area contributed by atoms with Gasteiger partial charge < -0.3 is 9.84 Å². The van der Waals surface area contributed by atoms with Gasteiger partial charge in [-0.25, -0.2) is 8.78 Å². The summed E-state index contributed by atoms with van der Waals surface area (Å²) in [6.07, 6.45) is 4.82. The smallest absolute Gasteiger partial charge is 0.135 e. The van der Waals surface area contributed by atoms with Crippen molar-refractivity contribution < 1.29 is 18.6 Å². The third-order valence-corrected chi connectivity index (χ3v) is 6.03. The molecular weight excluding hydrogens is 274 g/mol. The first-order valence-corrected chi connectivity index (χ1v) is 7.78. The summed E-state index contributed by atoms with van der Waals surface area (Å²) in [7, 11) is 1.38. The van der Waals surface area contributed by atoms with E-state index in [0.29, 0.717) is 11.8 Å². The van der Waals surface area contributed by atoms with Gasteiger partial charge in [0.25, 0.3) is 0 Å². The molecule has 1 N–H and O–H groups in total. The quantitative estimate of drug-likeness (QED) is 0.903. The molecule has 2 nitrogen and oxygen atoms in total. The molecule has 1 aromatic carbocycles. The summed E-state index contributed by atoms with van der Waals surface area (Å²) in [5, 5.41) is 11.3. The lowest BCUT2D eigenvalue weighted by Gasteiger charge is -2.59. The van der Waals surface area contributed by atoms with Crippen molar-refractivity contribution in [1.82, 2.24) is 0 Å². The Morgan fingerprint density at radius 2 is 1.48 bits per heavy atom. The SMILES string of the molecule is COc1cc(F)c(C2(O)C3CC4CC(C3)CC2C4)c(F)c1. The van der Waals surface area contributed by atoms with Crippen LogP contribution in [0.3, 0.4) is 0 Å². The van der Waals surface area contributed by atoms with Crippen LogP contribution in [0.25, 0.3) is 0 Å². The van der Waals surface area contributed by atoms with Crippen LogP contribution >= 0.6 is 0 Å². The number of benzene rings is 1. The topological polar surface area (TPSA) is 29.5 Å². The maximum atomic E-state index is 14.5. The average Bonchev–Trinajstić information content (AvgIpc) is 2.43. The van der Waals surface area contributed by atoms with Crippen molar-refractivity contribution >= 4 is 0 Å². The van der Waals surface area contributed by atoms with E-state index < -0.39 is 17.2 Å². The molecule has 0 aliphatic heterocycles. The van der Waals surface area contributed by atoms with Crippen molar-refractivity contribution in [2.45, 2.75) is 37.7 Å². The Morgan fingerprint density at radius 3 is 1.90 bits per heavy atom. The maximum Gasteiger partial charge on any atom is 0.135 e. The van der Waals surface area contributed by atoms with E-state index in [4.69, 9.17) is 4.74 Å². The largest absolute Gasteiger partial charge is 0.497 e. The molecule has 5 rings (SSSR count). The second kappa shape index (κ2) is 4.42. The first-order valence-electron chi connectivity index (χ1n) is 7.78. The molecule has 4 aliphatic rings. The standard InChI is InChI=1S/C17H20F2O2/c1-21-13-7-14(18)16(15(19)8-13)17(20)11-3-9-2-10(5-11)6-12(17)4-9/h7-12,20H,2-6H2,1H3. The van der Waals surface area contributed by atoms with Gasteiger partial charge in [-0.05, 0) is 55.8 Å². The number of ether oxygens (including phenoxy) is 1. The highest BCUT2D eigenvalue weighted by Crippen LogP contribution is 2.62. The lowest BCUT2D eigenvalue weighted by molar-refractivity contribution is -0.182. The fourth-order valence-corrected chi connectivity index (χ4v) is 5.36. The van der Waals surface area contributed by atoms with Crippen LogP contribution in [-0.2, 0) is 5.60 Å². The van der Waals surface area contributed by atoms with E-state index in [0.717, 1.165) is 25.7 Å². The van der Waals surface area contributed by atoms with Gasteiger partial charge in [-0.3, -0.25) is 0 Å². The molecule has 21 heavy (non-hydrogen) atoms.